The molecule has 5 nitrogen and oxygen atoms in total. The summed E-state index contributed by atoms with van der Waals surface area (Å²) < 4.78 is 13.2. The first-order valence-electron chi connectivity index (χ1n) is 10.4. The van der Waals surface area contributed by atoms with Gasteiger partial charge in [-0.05, 0) is 36.5 Å². The van der Waals surface area contributed by atoms with Crippen LogP contribution in [-0.2, 0) is 16.1 Å². The van der Waals surface area contributed by atoms with Crippen LogP contribution < -0.4 is 0 Å². The molecular formula is C22H32FN3O2. The summed E-state index contributed by atoms with van der Waals surface area (Å²) in [4.78, 5) is 30.9. The highest BCUT2D eigenvalue weighted by atomic mass is 19.1. The van der Waals surface area contributed by atoms with Gasteiger partial charge >= 0.3 is 0 Å². The van der Waals surface area contributed by atoms with E-state index in [1.807, 2.05) is 9.80 Å². The Morgan fingerprint density at radius 3 is 2.36 bits per heavy atom. The van der Waals surface area contributed by atoms with E-state index in [1.165, 1.54) is 12.1 Å². The van der Waals surface area contributed by atoms with E-state index in [4.69, 9.17) is 0 Å². The molecule has 2 aliphatic heterocycles. The second kappa shape index (κ2) is 9.03. The third-order valence-electron chi connectivity index (χ3n) is 6.22. The average Bonchev–Trinajstić information content (AvgIpc) is 2.83. The molecule has 6 heteroatoms. The predicted octanol–water partition coefficient (Wildman–Crippen LogP) is 2.90. The summed E-state index contributed by atoms with van der Waals surface area (Å²) >= 11 is 0. The lowest BCUT2D eigenvalue weighted by atomic mass is 9.98. The second-order valence-corrected chi connectivity index (χ2v) is 8.44. The minimum Gasteiger partial charge on any atom is -0.343 e. The van der Waals surface area contributed by atoms with Crippen LogP contribution in [0, 0.1) is 11.7 Å². The van der Waals surface area contributed by atoms with E-state index in [-0.39, 0.29) is 23.7 Å². The summed E-state index contributed by atoms with van der Waals surface area (Å²) in [6.07, 6.45) is 2.45. The molecule has 1 atom stereocenters. The molecule has 3 rings (SSSR count). The predicted molar refractivity (Wildman–Crippen MR) is 107 cm³/mol. The van der Waals surface area contributed by atoms with Crippen LogP contribution in [0.3, 0.4) is 0 Å². The molecule has 2 fully saturated rings. The van der Waals surface area contributed by atoms with Crippen LogP contribution in [0.1, 0.15) is 45.6 Å². The summed E-state index contributed by atoms with van der Waals surface area (Å²) in [6, 6.07) is 7.00. The summed E-state index contributed by atoms with van der Waals surface area (Å²) in [5, 5.41) is 0. The van der Waals surface area contributed by atoms with Gasteiger partial charge in [-0.2, -0.15) is 0 Å². The zero-order valence-electron chi connectivity index (χ0n) is 17.2. The van der Waals surface area contributed by atoms with Crippen molar-refractivity contribution in [3.8, 4) is 0 Å². The quantitative estimate of drug-likeness (QED) is 0.795. The molecule has 2 heterocycles. The molecule has 0 aromatic heterocycles. The fourth-order valence-corrected chi connectivity index (χ4v) is 4.44. The number of rotatable bonds is 4. The Labute approximate surface area is 167 Å². The van der Waals surface area contributed by atoms with Crippen molar-refractivity contribution in [2.75, 3.05) is 26.2 Å². The second-order valence-electron chi connectivity index (χ2n) is 8.44. The van der Waals surface area contributed by atoms with E-state index in [0.717, 1.165) is 44.6 Å². The number of nitrogens with zero attached hydrogens (tertiary/aromatic N) is 3. The molecule has 2 saturated heterocycles. The first kappa shape index (κ1) is 20.8. The molecule has 154 valence electrons. The van der Waals surface area contributed by atoms with Crippen LogP contribution in [0.5, 0.6) is 0 Å². The Bertz CT molecular complexity index is 684. The molecular weight excluding hydrogens is 357 g/mol. The summed E-state index contributed by atoms with van der Waals surface area (Å²) in [7, 11) is 0. The average molecular weight is 390 g/mol. The lowest BCUT2D eigenvalue weighted by Crippen LogP contribution is -2.50. The number of carbonyl (C=O) groups excluding carboxylic acids is 2. The van der Waals surface area contributed by atoms with Crippen LogP contribution in [0.2, 0.25) is 0 Å². The minimum absolute atomic E-state index is 0.130. The van der Waals surface area contributed by atoms with Crippen LogP contribution in [0.15, 0.2) is 24.3 Å². The monoisotopic (exact) mass is 389 g/mol. The van der Waals surface area contributed by atoms with Crippen molar-refractivity contribution in [2.24, 2.45) is 5.92 Å². The molecule has 2 aliphatic rings. The lowest BCUT2D eigenvalue weighted by molar-refractivity contribution is -0.134. The number of hydrogen-bond donors (Lipinski definition) is 0. The van der Waals surface area contributed by atoms with E-state index in [9.17, 15) is 14.0 Å². The Morgan fingerprint density at radius 2 is 1.79 bits per heavy atom. The molecule has 0 aliphatic carbocycles. The zero-order chi connectivity index (χ0) is 20.3. The van der Waals surface area contributed by atoms with E-state index < -0.39 is 0 Å². The molecule has 0 spiro atoms. The van der Waals surface area contributed by atoms with Crippen molar-refractivity contribution < 1.29 is 14.0 Å². The Balaban J connectivity index is 1.71. The van der Waals surface area contributed by atoms with Gasteiger partial charge in [0, 0.05) is 58.2 Å². The first-order valence-corrected chi connectivity index (χ1v) is 10.4. The van der Waals surface area contributed by atoms with Crippen molar-refractivity contribution in [3.63, 3.8) is 0 Å². The molecule has 0 unspecified atom stereocenters. The number of likely N-dealkylation sites (tertiary alicyclic amines) is 1. The highest BCUT2D eigenvalue weighted by Crippen LogP contribution is 2.25. The van der Waals surface area contributed by atoms with Crippen molar-refractivity contribution in [1.82, 2.24) is 14.7 Å². The molecule has 1 aromatic rings. The fourth-order valence-electron chi connectivity index (χ4n) is 4.44. The standard InChI is InChI=1S/C22H32FN3O2/c1-16(2)21-15-25(20-8-11-24(12-9-20)17(3)27)13-10-22(28)26(21)14-18-4-6-19(23)7-5-18/h4-7,16,20-21H,8-15H2,1-3H3/t21-/m0/s1. The van der Waals surface area contributed by atoms with Crippen LogP contribution in [0.4, 0.5) is 4.39 Å². The zero-order valence-corrected chi connectivity index (χ0v) is 17.2. The maximum Gasteiger partial charge on any atom is 0.224 e. The van der Waals surface area contributed by atoms with E-state index in [2.05, 4.69) is 18.7 Å². The topological polar surface area (TPSA) is 43.9 Å². The van der Waals surface area contributed by atoms with Crippen molar-refractivity contribution in [3.05, 3.63) is 35.6 Å². The molecule has 2 amide bonds. The van der Waals surface area contributed by atoms with Crippen LogP contribution >= 0.6 is 0 Å². The molecule has 0 N–H and O–H groups in total. The third kappa shape index (κ3) is 4.90. The van der Waals surface area contributed by atoms with Gasteiger partial charge in [0.25, 0.3) is 0 Å². The van der Waals surface area contributed by atoms with Gasteiger partial charge in [0.2, 0.25) is 11.8 Å². The number of amides is 2. The Hall–Kier alpha value is -1.95. The van der Waals surface area contributed by atoms with Crippen molar-refractivity contribution >= 4 is 11.8 Å². The fraction of sp³-hybridized carbons (Fsp3) is 0.636. The van der Waals surface area contributed by atoms with Gasteiger partial charge in [0.15, 0.2) is 0 Å². The van der Waals surface area contributed by atoms with E-state index in [0.29, 0.717) is 24.9 Å². The number of piperidine rings is 1. The number of benzene rings is 1. The van der Waals surface area contributed by atoms with Crippen molar-refractivity contribution in [1.29, 1.82) is 0 Å². The first-order chi connectivity index (χ1) is 13.3. The maximum absolute atomic E-state index is 13.2. The van der Waals surface area contributed by atoms with Gasteiger partial charge in [-0.25, -0.2) is 4.39 Å². The highest BCUT2D eigenvalue weighted by molar-refractivity contribution is 5.77. The summed E-state index contributed by atoms with van der Waals surface area (Å²) in [5.74, 6) is 0.401. The number of carbonyl (C=O) groups is 2. The van der Waals surface area contributed by atoms with Gasteiger partial charge < -0.3 is 9.80 Å². The van der Waals surface area contributed by atoms with E-state index >= 15 is 0 Å². The van der Waals surface area contributed by atoms with Crippen LogP contribution in [-0.4, -0.2) is 64.8 Å². The van der Waals surface area contributed by atoms with Crippen molar-refractivity contribution in [2.45, 2.75) is 58.7 Å². The SMILES string of the molecule is CC(=O)N1CCC(N2CCC(=O)N(Cc3ccc(F)cc3)[C@H](C(C)C)C2)CC1. The van der Waals surface area contributed by atoms with Gasteiger partial charge in [-0.15, -0.1) is 0 Å². The van der Waals surface area contributed by atoms with E-state index in [1.54, 1.807) is 19.1 Å². The van der Waals surface area contributed by atoms with Crippen LogP contribution in [0.25, 0.3) is 0 Å². The lowest BCUT2D eigenvalue weighted by Gasteiger charge is -2.40. The summed E-state index contributed by atoms with van der Waals surface area (Å²) in [5.41, 5.74) is 0.962. The number of hydrogen-bond acceptors (Lipinski definition) is 3. The Kier molecular flexibility index (Phi) is 6.70. The minimum atomic E-state index is -0.255. The Morgan fingerprint density at radius 1 is 1.14 bits per heavy atom. The molecule has 0 bridgehead atoms. The molecule has 28 heavy (non-hydrogen) atoms. The highest BCUT2D eigenvalue weighted by Gasteiger charge is 2.35. The molecule has 0 saturated carbocycles. The third-order valence-corrected chi connectivity index (χ3v) is 6.22. The van der Waals surface area contributed by atoms with Gasteiger partial charge in [-0.3, -0.25) is 14.5 Å². The summed E-state index contributed by atoms with van der Waals surface area (Å²) in [6.45, 7) is 9.72. The molecule has 1 aromatic carbocycles. The maximum atomic E-state index is 13.2. The van der Waals surface area contributed by atoms with Gasteiger partial charge in [0.05, 0.1) is 0 Å². The largest absolute Gasteiger partial charge is 0.343 e. The van der Waals surface area contributed by atoms with Gasteiger partial charge in [0.1, 0.15) is 5.82 Å². The molecule has 0 radical (unpaired) electrons. The normalized spacial score (nSPS) is 22.6. The number of halogens is 1. The smallest absolute Gasteiger partial charge is 0.224 e. The van der Waals surface area contributed by atoms with Gasteiger partial charge in [-0.1, -0.05) is 26.0 Å².